The highest BCUT2D eigenvalue weighted by Crippen LogP contribution is 2.22. The van der Waals surface area contributed by atoms with Crippen molar-refractivity contribution in [3.63, 3.8) is 0 Å². The van der Waals surface area contributed by atoms with Crippen LogP contribution in [0.4, 0.5) is 5.00 Å². The molecule has 6 nitrogen and oxygen atoms in total. The Hall–Kier alpha value is -1.55. The number of nitrogens with one attached hydrogen (secondary N) is 1. The average molecular weight is 515 g/mol. The van der Waals surface area contributed by atoms with Crippen molar-refractivity contribution < 1.29 is 0 Å². The minimum absolute atomic E-state index is 0. The van der Waals surface area contributed by atoms with Gasteiger partial charge in [0.15, 0.2) is 5.96 Å². The summed E-state index contributed by atoms with van der Waals surface area (Å²) in [7, 11) is 1.85. The Morgan fingerprint density at radius 1 is 1.14 bits per heavy atom. The lowest BCUT2D eigenvalue weighted by molar-refractivity contribution is 0.373. The number of rotatable bonds is 6. The molecule has 1 N–H and O–H groups in total. The fraction of sp³-hybridized carbons (Fsp3) is 0.500. The Kier molecular flexibility index (Phi) is 9.30. The zero-order valence-corrected chi connectivity index (χ0v) is 19.8. The van der Waals surface area contributed by atoms with Gasteiger partial charge in [0.05, 0.1) is 5.00 Å². The van der Waals surface area contributed by atoms with Crippen LogP contribution in [0.3, 0.4) is 0 Å². The number of thiophene rings is 1. The predicted molar refractivity (Wildman–Crippen MR) is 130 cm³/mol. The number of halogens is 1. The van der Waals surface area contributed by atoms with Crippen LogP contribution >= 0.6 is 35.3 Å². The predicted octanol–water partition coefficient (Wildman–Crippen LogP) is 3.01. The highest BCUT2D eigenvalue weighted by molar-refractivity contribution is 14.0. The van der Waals surface area contributed by atoms with E-state index in [1.54, 1.807) is 17.4 Å². The van der Waals surface area contributed by atoms with Crippen molar-refractivity contribution in [2.45, 2.75) is 26.3 Å². The molecule has 0 spiro atoms. The van der Waals surface area contributed by atoms with Crippen LogP contribution < -0.4 is 15.8 Å². The molecule has 154 valence electrons. The Morgan fingerprint density at radius 2 is 1.93 bits per heavy atom. The second kappa shape index (κ2) is 11.5. The van der Waals surface area contributed by atoms with E-state index in [0.29, 0.717) is 0 Å². The molecule has 0 unspecified atom stereocenters. The maximum Gasteiger partial charge on any atom is 0.250 e. The highest BCUT2D eigenvalue weighted by Gasteiger charge is 2.19. The summed E-state index contributed by atoms with van der Waals surface area (Å²) >= 11 is 1.80. The third-order valence-corrected chi connectivity index (χ3v) is 5.90. The summed E-state index contributed by atoms with van der Waals surface area (Å²) in [6, 6.07) is 9.73. The quantitative estimate of drug-likeness (QED) is 0.278. The van der Waals surface area contributed by atoms with Crippen LogP contribution in [0.25, 0.3) is 0 Å². The summed E-state index contributed by atoms with van der Waals surface area (Å²) in [4.78, 5) is 21.1. The molecule has 2 aromatic rings. The number of piperazine rings is 1. The van der Waals surface area contributed by atoms with Gasteiger partial charge < -0.3 is 19.7 Å². The molecular formula is C20H30IN5OS. The van der Waals surface area contributed by atoms with Gasteiger partial charge in [-0.15, -0.1) is 35.3 Å². The van der Waals surface area contributed by atoms with E-state index in [2.05, 4.69) is 37.6 Å². The molecule has 28 heavy (non-hydrogen) atoms. The summed E-state index contributed by atoms with van der Waals surface area (Å²) in [6.45, 7) is 7.64. The van der Waals surface area contributed by atoms with Crippen LogP contribution in [-0.4, -0.2) is 55.2 Å². The van der Waals surface area contributed by atoms with Gasteiger partial charge in [-0.05, 0) is 43.3 Å². The molecule has 0 radical (unpaired) electrons. The number of nitrogens with zero attached hydrogens (tertiary/aromatic N) is 4. The second-order valence-electron chi connectivity index (χ2n) is 6.76. The second-order valence-corrected chi connectivity index (χ2v) is 7.69. The Labute approximate surface area is 188 Å². The first-order valence-corrected chi connectivity index (χ1v) is 10.5. The smallest absolute Gasteiger partial charge is 0.250 e. The molecule has 1 aliphatic heterocycles. The standard InChI is InChI=1S/C20H29N5OS.HI/c1-17-7-5-8-18(26)25(17)11-4-3-10-22-20(21-2)24-14-12-23(13-15-24)19-9-6-16-27-19;/h5-9,16H,3-4,10-15H2,1-2H3,(H,21,22);1H. The zero-order valence-electron chi connectivity index (χ0n) is 16.6. The molecule has 1 fully saturated rings. The molecule has 0 saturated carbocycles. The lowest BCUT2D eigenvalue weighted by atomic mass is 10.2. The van der Waals surface area contributed by atoms with Gasteiger partial charge in [0, 0.05) is 58.1 Å². The number of aliphatic imine (C=N–C) groups is 1. The van der Waals surface area contributed by atoms with Crippen molar-refractivity contribution in [3.05, 3.63) is 51.8 Å². The number of unbranched alkanes of at least 4 members (excludes halogenated alkanes) is 1. The average Bonchev–Trinajstić information content (AvgIpc) is 3.22. The topological polar surface area (TPSA) is 52.9 Å². The van der Waals surface area contributed by atoms with E-state index in [1.807, 2.05) is 30.7 Å². The van der Waals surface area contributed by atoms with E-state index < -0.39 is 0 Å². The minimum atomic E-state index is 0. The molecule has 3 rings (SSSR count). The van der Waals surface area contributed by atoms with Crippen molar-refractivity contribution in [2.75, 3.05) is 44.7 Å². The van der Waals surface area contributed by atoms with Gasteiger partial charge >= 0.3 is 0 Å². The molecule has 2 aromatic heterocycles. The first-order chi connectivity index (χ1) is 13.2. The first kappa shape index (κ1) is 22.7. The van der Waals surface area contributed by atoms with Gasteiger partial charge in [-0.25, -0.2) is 0 Å². The normalized spacial score (nSPS) is 14.7. The number of pyridine rings is 1. The third-order valence-electron chi connectivity index (χ3n) is 4.97. The van der Waals surface area contributed by atoms with Gasteiger partial charge in [-0.1, -0.05) is 6.07 Å². The maximum absolute atomic E-state index is 11.9. The number of anilines is 1. The molecule has 0 atom stereocenters. The molecule has 1 aliphatic rings. The molecule has 0 amide bonds. The SMILES string of the molecule is CN=C(NCCCCn1c(C)cccc1=O)N1CCN(c2cccs2)CC1.I. The number of aryl methyl sites for hydroxylation is 1. The van der Waals surface area contributed by atoms with Crippen molar-refractivity contribution in [3.8, 4) is 0 Å². The van der Waals surface area contributed by atoms with Crippen LogP contribution in [0.5, 0.6) is 0 Å². The number of aromatic nitrogens is 1. The van der Waals surface area contributed by atoms with Gasteiger partial charge in [0.1, 0.15) is 0 Å². The van der Waals surface area contributed by atoms with Crippen molar-refractivity contribution in [1.29, 1.82) is 0 Å². The first-order valence-electron chi connectivity index (χ1n) is 9.59. The van der Waals surface area contributed by atoms with E-state index in [1.165, 1.54) is 5.00 Å². The fourth-order valence-corrected chi connectivity index (χ4v) is 4.21. The highest BCUT2D eigenvalue weighted by atomic mass is 127. The summed E-state index contributed by atoms with van der Waals surface area (Å²) in [5.74, 6) is 0.980. The molecule has 3 heterocycles. The van der Waals surface area contributed by atoms with Crippen LogP contribution in [-0.2, 0) is 6.54 Å². The van der Waals surface area contributed by atoms with E-state index in [0.717, 1.165) is 63.8 Å². The molecule has 1 saturated heterocycles. The largest absolute Gasteiger partial charge is 0.360 e. The lowest BCUT2D eigenvalue weighted by Crippen LogP contribution is -2.52. The van der Waals surface area contributed by atoms with E-state index in [9.17, 15) is 4.79 Å². The molecule has 0 aliphatic carbocycles. The van der Waals surface area contributed by atoms with E-state index in [-0.39, 0.29) is 29.5 Å². The summed E-state index contributed by atoms with van der Waals surface area (Å²) in [5.41, 5.74) is 1.11. The maximum atomic E-state index is 11.9. The van der Waals surface area contributed by atoms with Gasteiger partial charge in [0.25, 0.3) is 5.56 Å². The Morgan fingerprint density at radius 3 is 2.57 bits per heavy atom. The minimum Gasteiger partial charge on any atom is -0.360 e. The van der Waals surface area contributed by atoms with Gasteiger partial charge in [-0.3, -0.25) is 9.79 Å². The van der Waals surface area contributed by atoms with E-state index >= 15 is 0 Å². The van der Waals surface area contributed by atoms with Crippen LogP contribution in [0, 0.1) is 6.92 Å². The molecule has 0 bridgehead atoms. The molecule has 8 heteroatoms. The number of hydrogen-bond donors (Lipinski definition) is 1. The lowest BCUT2D eigenvalue weighted by Gasteiger charge is -2.37. The molecule has 0 aromatic carbocycles. The third kappa shape index (κ3) is 5.97. The number of guanidine groups is 1. The van der Waals surface area contributed by atoms with Crippen molar-refractivity contribution in [2.24, 2.45) is 4.99 Å². The summed E-state index contributed by atoms with van der Waals surface area (Å²) in [6.07, 6.45) is 1.98. The fourth-order valence-electron chi connectivity index (χ4n) is 3.43. The Bertz CT molecular complexity index is 797. The number of hydrogen-bond acceptors (Lipinski definition) is 4. The van der Waals surface area contributed by atoms with Crippen LogP contribution in [0.15, 0.2) is 45.5 Å². The van der Waals surface area contributed by atoms with Gasteiger partial charge in [0.2, 0.25) is 0 Å². The van der Waals surface area contributed by atoms with Crippen LogP contribution in [0.1, 0.15) is 18.5 Å². The van der Waals surface area contributed by atoms with Crippen LogP contribution in [0.2, 0.25) is 0 Å². The zero-order chi connectivity index (χ0) is 19.1. The Balaban J connectivity index is 0.00000280. The molecular weight excluding hydrogens is 485 g/mol. The van der Waals surface area contributed by atoms with Crippen molar-refractivity contribution >= 4 is 46.3 Å². The van der Waals surface area contributed by atoms with E-state index in [4.69, 9.17) is 0 Å². The summed E-state index contributed by atoms with van der Waals surface area (Å²) in [5, 5.41) is 6.96. The monoisotopic (exact) mass is 515 g/mol. The van der Waals surface area contributed by atoms with Crippen molar-refractivity contribution in [1.82, 2.24) is 14.8 Å². The summed E-state index contributed by atoms with van der Waals surface area (Å²) < 4.78 is 1.85. The van der Waals surface area contributed by atoms with Gasteiger partial charge in [-0.2, -0.15) is 0 Å².